The average molecular weight is 308 g/mol. The van der Waals surface area contributed by atoms with E-state index >= 15 is 0 Å². The van der Waals surface area contributed by atoms with Crippen LogP contribution in [0.25, 0.3) is 0 Å². The van der Waals surface area contributed by atoms with Crippen molar-refractivity contribution in [3.05, 3.63) is 35.9 Å². The second-order valence-corrected chi connectivity index (χ2v) is 8.22. The lowest BCUT2D eigenvalue weighted by Gasteiger charge is -2.14. The van der Waals surface area contributed by atoms with Gasteiger partial charge in [0.05, 0.1) is 5.75 Å². The Labute approximate surface area is 113 Å². The lowest BCUT2D eigenvalue weighted by Crippen LogP contribution is -2.22. The lowest BCUT2D eigenvalue weighted by atomic mass is 10.2. The summed E-state index contributed by atoms with van der Waals surface area (Å²) in [6.07, 6.45) is 1.79. The Morgan fingerprint density at radius 2 is 1.63 bits per heavy atom. The first-order valence-electron chi connectivity index (χ1n) is 5.99. The number of hydrogen-bond acceptors (Lipinski definition) is 4. The third kappa shape index (κ3) is 4.58. The van der Waals surface area contributed by atoms with Gasteiger partial charge in [0.15, 0.2) is 9.84 Å². The molecule has 0 radical (unpaired) electrons. The number of unbranched alkanes of at least 4 members (excludes halogenated alkanes) is 2. The molecule has 7 heteroatoms. The Kier molecular flexibility index (Phi) is 5.49. The van der Waals surface area contributed by atoms with E-state index in [1.807, 2.05) is 6.92 Å². The molecule has 1 aromatic rings. The van der Waals surface area contributed by atoms with Crippen LogP contribution in [0, 0.1) is 0 Å². The predicted octanol–water partition coefficient (Wildman–Crippen LogP) is 2.59. The third-order valence-electron chi connectivity index (χ3n) is 2.69. The monoisotopic (exact) mass is 308 g/mol. The summed E-state index contributed by atoms with van der Waals surface area (Å²) in [4.78, 5) is 0. The molecule has 0 bridgehead atoms. The van der Waals surface area contributed by atoms with Crippen LogP contribution in [0.4, 0.5) is 3.89 Å². The molecule has 1 atom stereocenters. The summed E-state index contributed by atoms with van der Waals surface area (Å²) in [6.45, 7) is 1.90. The molecule has 1 unspecified atom stereocenters. The van der Waals surface area contributed by atoms with E-state index in [0.717, 1.165) is 6.42 Å². The summed E-state index contributed by atoms with van der Waals surface area (Å²) >= 11 is 0. The molecule has 0 aliphatic rings. The highest BCUT2D eigenvalue weighted by atomic mass is 32.3. The molecule has 0 fully saturated rings. The molecule has 0 saturated carbocycles. The van der Waals surface area contributed by atoms with Crippen LogP contribution in [0.1, 0.15) is 36.3 Å². The van der Waals surface area contributed by atoms with Gasteiger partial charge < -0.3 is 0 Å². The smallest absolute Gasteiger partial charge is 0.227 e. The first-order valence-corrected chi connectivity index (χ1v) is 9.15. The minimum atomic E-state index is -5.20. The van der Waals surface area contributed by atoms with Gasteiger partial charge in [0.1, 0.15) is 0 Å². The highest BCUT2D eigenvalue weighted by molar-refractivity contribution is 8.06. The molecule has 0 N–H and O–H groups in total. The molecule has 1 rings (SSSR count). The summed E-state index contributed by atoms with van der Waals surface area (Å²) in [5.41, 5.74) is -0.0542. The quantitative estimate of drug-likeness (QED) is 0.573. The molecule has 0 spiro atoms. The molecule has 0 saturated heterocycles. The summed E-state index contributed by atoms with van der Waals surface area (Å²) in [5.74, 6) is -0.330. The van der Waals surface area contributed by atoms with Gasteiger partial charge in [-0.1, -0.05) is 50.1 Å². The molecule has 108 valence electrons. The van der Waals surface area contributed by atoms with Crippen molar-refractivity contribution >= 4 is 20.1 Å². The standard InChI is InChI=1S/C12H17FO4S2/c1-2-3-7-10-18(14,15)12(19(13,16)17)11-8-5-4-6-9-11/h4-6,8-9,12H,2-3,7,10H2,1H3. The number of halogens is 1. The van der Waals surface area contributed by atoms with Crippen molar-refractivity contribution in [3.63, 3.8) is 0 Å². The van der Waals surface area contributed by atoms with Gasteiger partial charge in [-0.25, -0.2) is 8.42 Å². The SMILES string of the molecule is CCCCCS(=O)(=O)C(c1ccccc1)S(=O)(=O)F. The van der Waals surface area contributed by atoms with E-state index in [2.05, 4.69) is 0 Å². The Bertz CT molecular complexity index is 594. The molecule has 1 aromatic carbocycles. The molecular weight excluding hydrogens is 291 g/mol. The van der Waals surface area contributed by atoms with E-state index in [-0.39, 0.29) is 11.3 Å². The second-order valence-electron chi connectivity index (χ2n) is 4.29. The van der Waals surface area contributed by atoms with Gasteiger partial charge in [-0.3, -0.25) is 0 Å². The van der Waals surface area contributed by atoms with Crippen LogP contribution in [0.2, 0.25) is 0 Å². The van der Waals surface area contributed by atoms with Crippen molar-refractivity contribution in [3.8, 4) is 0 Å². The van der Waals surface area contributed by atoms with E-state index in [0.29, 0.717) is 12.8 Å². The highest BCUT2D eigenvalue weighted by Gasteiger charge is 2.38. The van der Waals surface area contributed by atoms with Crippen molar-refractivity contribution in [2.24, 2.45) is 0 Å². The topological polar surface area (TPSA) is 68.3 Å². The molecule has 0 heterocycles. The number of benzene rings is 1. The number of sulfone groups is 1. The van der Waals surface area contributed by atoms with Crippen LogP contribution in [-0.4, -0.2) is 22.6 Å². The van der Waals surface area contributed by atoms with Gasteiger partial charge in [-0.15, -0.1) is 3.89 Å². The van der Waals surface area contributed by atoms with E-state index in [1.54, 1.807) is 6.07 Å². The molecular formula is C12H17FO4S2. The zero-order valence-electron chi connectivity index (χ0n) is 10.6. The maximum atomic E-state index is 13.3. The first-order chi connectivity index (χ1) is 8.79. The largest absolute Gasteiger partial charge is 0.324 e. The van der Waals surface area contributed by atoms with Crippen LogP contribution in [-0.2, 0) is 20.1 Å². The van der Waals surface area contributed by atoms with Gasteiger partial charge in [-0.2, -0.15) is 8.42 Å². The van der Waals surface area contributed by atoms with Crippen LogP contribution in [0.5, 0.6) is 0 Å². The first kappa shape index (κ1) is 16.1. The summed E-state index contributed by atoms with van der Waals surface area (Å²) in [7, 11) is -9.27. The summed E-state index contributed by atoms with van der Waals surface area (Å²) in [5, 5.41) is 0. The molecule has 0 amide bonds. The van der Waals surface area contributed by atoms with Gasteiger partial charge >= 0.3 is 10.2 Å². The van der Waals surface area contributed by atoms with Gasteiger partial charge in [0.25, 0.3) is 0 Å². The third-order valence-corrected chi connectivity index (χ3v) is 6.82. The second kappa shape index (κ2) is 6.47. The van der Waals surface area contributed by atoms with Crippen LogP contribution >= 0.6 is 0 Å². The molecule has 0 aromatic heterocycles. The zero-order valence-corrected chi connectivity index (χ0v) is 12.3. The molecule has 19 heavy (non-hydrogen) atoms. The fourth-order valence-electron chi connectivity index (χ4n) is 1.82. The van der Waals surface area contributed by atoms with Crippen molar-refractivity contribution in [2.45, 2.75) is 30.8 Å². The van der Waals surface area contributed by atoms with Crippen LogP contribution in [0.15, 0.2) is 30.3 Å². The van der Waals surface area contributed by atoms with Gasteiger partial charge in [0.2, 0.25) is 4.58 Å². The number of rotatable bonds is 7. The van der Waals surface area contributed by atoms with Crippen molar-refractivity contribution < 1.29 is 20.7 Å². The van der Waals surface area contributed by atoms with Crippen LogP contribution < -0.4 is 0 Å². The summed E-state index contributed by atoms with van der Waals surface area (Å²) in [6, 6.07) is 7.18. The van der Waals surface area contributed by atoms with Gasteiger partial charge in [-0.05, 0) is 12.0 Å². The number of hydrogen-bond donors (Lipinski definition) is 0. The average Bonchev–Trinajstić information content (AvgIpc) is 2.28. The van der Waals surface area contributed by atoms with Crippen molar-refractivity contribution in [1.29, 1.82) is 0 Å². The fraction of sp³-hybridized carbons (Fsp3) is 0.500. The predicted molar refractivity (Wildman–Crippen MR) is 72.5 cm³/mol. The van der Waals surface area contributed by atoms with E-state index in [1.165, 1.54) is 24.3 Å². The lowest BCUT2D eigenvalue weighted by molar-refractivity contribution is 0.541. The Hall–Kier alpha value is -0.950. The normalized spacial score (nSPS) is 14.2. The van der Waals surface area contributed by atoms with E-state index in [4.69, 9.17) is 0 Å². The van der Waals surface area contributed by atoms with Crippen molar-refractivity contribution in [2.75, 3.05) is 5.75 Å². The Morgan fingerprint density at radius 1 is 1.05 bits per heavy atom. The maximum Gasteiger partial charge on any atom is 0.324 e. The highest BCUT2D eigenvalue weighted by Crippen LogP contribution is 2.31. The molecule has 0 aliphatic carbocycles. The summed E-state index contributed by atoms with van der Waals surface area (Å²) < 4.78 is 57.6. The molecule has 0 aliphatic heterocycles. The van der Waals surface area contributed by atoms with E-state index in [9.17, 15) is 20.7 Å². The zero-order chi connectivity index (χ0) is 14.5. The minimum Gasteiger partial charge on any atom is -0.227 e. The van der Waals surface area contributed by atoms with E-state index < -0.39 is 24.6 Å². The van der Waals surface area contributed by atoms with Crippen molar-refractivity contribution in [1.82, 2.24) is 0 Å². The fourth-order valence-corrected chi connectivity index (χ4v) is 5.38. The Balaban J connectivity index is 3.13. The minimum absolute atomic E-state index is 0.0542. The van der Waals surface area contributed by atoms with Crippen LogP contribution in [0.3, 0.4) is 0 Å². The Morgan fingerprint density at radius 3 is 2.11 bits per heavy atom. The maximum absolute atomic E-state index is 13.3. The molecule has 4 nitrogen and oxygen atoms in total. The van der Waals surface area contributed by atoms with Gasteiger partial charge in [0, 0.05) is 0 Å².